The first-order valence-electron chi connectivity index (χ1n) is 12.1. The highest BCUT2D eigenvalue weighted by Gasteiger charge is 2.14. The van der Waals surface area contributed by atoms with Gasteiger partial charge >= 0.3 is 0 Å². The number of anilines is 1. The fourth-order valence-corrected chi connectivity index (χ4v) is 4.50. The van der Waals surface area contributed by atoms with E-state index in [1.807, 2.05) is 44.2 Å². The SMILES string of the molecule is CCCc1nc2ccc(Br)cc2c(=O)n1N=Cc1cc(OCC)c(OCC(=O)Nc2ccccc2)cc1Br. The van der Waals surface area contributed by atoms with Gasteiger partial charge < -0.3 is 14.8 Å². The summed E-state index contributed by atoms with van der Waals surface area (Å²) in [4.78, 5) is 30.3. The standard InChI is InChI=1S/C28H26Br2N4O4/c1-3-8-26-33-23-12-11-19(29)14-21(23)28(36)34(26)31-16-18-13-24(37-4-2)25(15-22(18)30)38-17-27(35)32-20-9-6-5-7-10-20/h5-7,9-16H,3-4,8,17H2,1-2H3,(H,32,35). The molecule has 196 valence electrons. The summed E-state index contributed by atoms with van der Waals surface area (Å²) in [6.07, 6.45) is 2.98. The number of ether oxygens (including phenoxy) is 2. The molecule has 10 heteroatoms. The average molecular weight is 642 g/mol. The van der Waals surface area contributed by atoms with Crippen molar-refractivity contribution in [2.24, 2.45) is 5.10 Å². The summed E-state index contributed by atoms with van der Waals surface area (Å²) in [5.41, 5.74) is 1.73. The zero-order valence-corrected chi connectivity index (χ0v) is 24.1. The Morgan fingerprint density at radius 3 is 2.55 bits per heavy atom. The van der Waals surface area contributed by atoms with Crippen molar-refractivity contribution in [3.8, 4) is 11.5 Å². The molecular formula is C28H26Br2N4O4. The number of benzene rings is 3. The molecule has 0 bridgehead atoms. The summed E-state index contributed by atoms with van der Waals surface area (Å²) >= 11 is 6.97. The van der Waals surface area contributed by atoms with Crippen LogP contribution in [0.3, 0.4) is 0 Å². The van der Waals surface area contributed by atoms with Gasteiger partial charge in [0.1, 0.15) is 5.82 Å². The van der Waals surface area contributed by atoms with Crippen molar-refractivity contribution in [1.82, 2.24) is 9.66 Å². The molecule has 4 aromatic rings. The molecule has 4 rings (SSSR count). The minimum atomic E-state index is -0.293. The van der Waals surface area contributed by atoms with Crippen molar-refractivity contribution in [1.29, 1.82) is 0 Å². The van der Waals surface area contributed by atoms with Crippen LogP contribution in [0.25, 0.3) is 10.9 Å². The van der Waals surface area contributed by atoms with E-state index in [-0.39, 0.29) is 18.1 Å². The highest BCUT2D eigenvalue weighted by Crippen LogP contribution is 2.33. The number of aromatic nitrogens is 2. The molecule has 0 saturated heterocycles. The lowest BCUT2D eigenvalue weighted by Crippen LogP contribution is -2.22. The van der Waals surface area contributed by atoms with Crippen LogP contribution in [0, 0.1) is 0 Å². The molecule has 3 aromatic carbocycles. The van der Waals surface area contributed by atoms with E-state index in [0.29, 0.717) is 57.0 Å². The number of carbonyl (C=O) groups is 1. The lowest BCUT2D eigenvalue weighted by molar-refractivity contribution is -0.118. The number of hydrogen-bond acceptors (Lipinski definition) is 6. The Bertz CT molecular complexity index is 1540. The Hall–Kier alpha value is -3.50. The number of nitrogens with one attached hydrogen (secondary N) is 1. The number of carbonyl (C=O) groups excluding carboxylic acids is 1. The number of para-hydroxylation sites is 1. The Morgan fingerprint density at radius 2 is 1.82 bits per heavy atom. The first kappa shape index (κ1) is 27.5. The molecule has 0 saturated carbocycles. The monoisotopic (exact) mass is 640 g/mol. The molecule has 8 nitrogen and oxygen atoms in total. The molecule has 0 atom stereocenters. The molecule has 1 heterocycles. The van der Waals surface area contributed by atoms with Gasteiger partial charge in [-0.25, -0.2) is 4.98 Å². The van der Waals surface area contributed by atoms with Crippen LogP contribution in [0.1, 0.15) is 31.7 Å². The van der Waals surface area contributed by atoms with E-state index in [1.165, 1.54) is 4.68 Å². The molecule has 1 amide bonds. The van der Waals surface area contributed by atoms with E-state index in [2.05, 4.69) is 47.3 Å². The Labute approximate surface area is 236 Å². The molecule has 0 spiro atoms. The molecule has 0 radical (unpaired) electrons. The lowest BCUT2D eigenvalue weighted by Gasteiger charge is -2.14. The number of halogens is 2. The predicted molar refractivity (Wildman–Crippen MR) is 157 cm³/mol. The second-order valence-corrected chi connectivity index (χ2v) is 10.0. The van der Waals surface area contributed by atoms with E-state index in [1.54, 1.807) is 36.5 Å². The topological polar surface area (TPSA) is 94.8 Å². The van der Waals surface area contributed by atoms with Gasteiger partial charge in [-0.05, 0) is 71.7 Å². The third-order valence-electron chi connectivity index (χ3n) is 5.44. The maximum Gasteiger partial charge on any atom is 0.282 e. The van der Waals surface area contributed by atoms with Gasteiger partial charge in [-0.1, -0.05) is 41.1 Å². The van der Waals surface area contributed by atoms with Gasteiger partial charge in [-0.15, -0.1) is 0 Å². The number of nitrogens with zero attached hydrogens (tertiary/aromatic N) is 3. The van der Waals surface area contributed by atoms with Crippen LogP contribution in [0.15, 0.2) is 79.5 Å². The molecule has 0 fully saturated rings. The fraction of sp³-hybridized carbons (Fsp3) is 0.214. The molecule has 0 aliphatic rings. The van der Waals surface area contributed by atoms with E-state index in [9.17, 15) is 9.59 Å². The summed E-state index contributed by atoms with van der Waals surface area (Å²) in [6, 6.07) is 18.0. The Morgan fingerprint density at radius 1 is 1.05 bits per heavy atom. The normalized spacial score (nSPS) is 11.2. The summed E-state index contributed by atoms with van der Waals surface area (Å²) < 4.78 is 14.3. The number of amides is 1. The van der Waals surface area contributed by atoms with Crippen LogP contribution in [0.2, 0.25) is 0 Å². The fourth-order valence-electron chi connectivity index (χ4n) is 3.71. The lowest BCUT2D eigenvalue weighted by atomic mass is 10.2. The quantitative estimate of drug-likeness (QED) is 0.209. The molecular weight excluding hydrogens is 616 g/mol. The van der Waals surface area contributed by atoms with Crippen molar-refractivity contribution in [3.63, 3.8) is 0 Å². The molecule has 1 aromatic heterocycles. The average Bonchev–Trinajstić information content (AvgIpc) is 2.90. The van der Waals surface area contributed by atoms with Crippen molar-refractivity contribution in [2.75, 3.05) is 18.5 Å². The second kappa shape index (κ2) is 12.8. The summed E-state index contributed by atoms with van der Waals surface area (Å²) in [7, 11) is 0. The van der Waals surface area contributed by atoms with Crippen LogP contribution in [-0.2, 0) is 11.2 Å². The van der Waals surface area contributed by atoms with Crippen molar-refractivity contribution < 1.29 is 14.3 Å². The first-order valence-corrected chi connectivity index (χ1v) is 13.7. The van der Waals surface area contributed by atoms with Crippen LogP contribution in [0.4, 0.5) is 5.69 Å². The smallest absolute Gasteiger partial charge is 0.282 e. The number of aryl methyl sites for hydroxylation is 1. The molecule has 0 aliphatic heterocycles. The van der Waals surface area contributed by atoms with Gasteiger partial charge in [-0.3, -0.25) is 9.59 Å². The van der Waals surface area contributed by atoms with Gasteiger partial charge in [0.25, 0.3) is 11.5 Å². The van der Waals surface area contributed by atoms with Crippen LogP contribution < -0.4 is 20.3 Å². The highest BCUT2D eigenvalue weighted by molar-refractivity contribution is 9.10. The van der Waals surface area contributed by atoms with E-state index in [0.717, 1.165) is 10.9 Å². The maximum absolute atomic E-state index is 13.3. The first-order chi connectivity index (χ1) is 18.4. The maximum atomic E-state index is 13.3. The second-order valence-electron chi connectivity index (χ2n) is 8.26. The minimum Gasteiger partial charge on any atom is -0.490 e. The molecule has 1 N–H and O–H groups in total. The third-order valence-corrected chi connectivity index (χ3v) is 6.62. The number of rotatable bonds is 10. The zero-order valence-electron chi connectivity index (χ0n) is 20.9. The van der Waals surface area contributed by atoms with Crippen molar-refractivity contribution in [2.45, 2.75) is 26.7 Å². The summed E-state index contributed by atoms with van der Waals surface area (Å²) in [5, 5.41) is 7.76. The van der Waals surface area contributed by atoms with E-state index >= 15 is 0 Å². The van der Waals surface area contributed by atoms with Gasteiger partial charge in [0.15, 0.2) is 18.1 Å². The third kappa shape index (κ3) is 6.68. The largest absolute Gasteiger partial charge is 0.490 e. The molecule has 0 unspecified atom stereocenters. The van der Waals surface area contributed by atoms with Gasteiger partial charge in [0.2, 0.25) is 0 Å². The van der Waals surface area contributed by atoms with E-state index < -0.39 is 0 Å². The highest BCUT2D eigenvalue weighted by atomic mass is 79.9. The Kier molecular flexibility index (Phi) is 9.30. The zero-order chi connectivity index (χ0) is 27.1. The predicted octanol–water partition coefficient (Wildman–Crippen LogP) is 6.17. The van der Waals surface area contributed by atoms with Crippen LogP contribution in [-0.4, -0.2) is 35.0 Å². The van der Waals surface area contributed by atoms with E-state index in [4.69, 9.17) is 9.47 Å². The molecule has 38 heavy (non-hydrogen) atoms. The van der Waals surface area contributed by atoms with Gasteiger partial charge in [-0.2, -0.15) is 9.78 Å². The van der Waals surface area contributed by atoms with Gasteiger partial charge in [0.05, 0.1) is 23.7 Å². The summed E-state index contributed by atoms with van der Waals surface area (Å²) in [5.74, 6) is 1.14. The van der Waals surface area contributed by atoms with Crippen LogP contribution in [0.5, 0.6) is 11.5 Å². The minimum absolute atomic E-state index is 0.192. The van der Waals surface area contributed by atoms with Gasteiger partial charge in [0, 0.05) is 26.6 Å². The number of fused-ring (bicyclic) bond motifs is 1. The van der Waals surface area contributed by atoms with Crippen molar-refractivity contribution in [3.05, 3.63) is 91.4 Å². The molecule has 0 aliphatic carbocycles. The summed E-state index contributed by atoms with van der Waals surface area (Å²) in [6.45, 7) is 4.09. The number of hydrogen-bond donors (Lipinski definition) is 1. The van der Waals surface area contributed by atoms with Crippen molar-refractivity contribution >= 4 is 60.6 Å². The van der Waals surface area contributed by atoms with Crippen LogP contribution >= 0.6 is 31.9 Å². The Balaban J connectivity index is 1.61.